The van der Waals surface area contributed by atoms with Crippen LogP contribution in [0.5, 0.6) is 0 Å². The number of aryl methyl sites for hydroxylation is 3. The molecule has 2 aromatic heterocycles. The van der Waals surface area contributed by atoms with Crippen LogP contribution in [0.4, 0.5) is 0 Å². The van der Waals surface area contributed by atoms with Crippen molar-refractivity contribution in [2.45, 2.75) is 46.2 Å². The zero-order chi connectivity index (χ0) is 13.0. The molecule has 0 aliphatic heterocycles. The van der Waals surface area contributed by atoms with E-state index in [1.807, 2.05) is 23.5 Å². The molecule has 1 unspecified atom stereocenters. The average Bonchev–Trinajstić information content (AvgIpc) is 2.95. The van der Waals surface area contributed by atoms with E-state index in [-0.39, 0.29) is 0 Å². The molecular formula is C15H21NOS. The topological polar surface area (TPSA) is 25.2 Å². The first kappa shape index (κ1) is 13.4. The Morgan fingerprint density at radius 3 is 2.83 bits per heavy atom. The molecule has 98 valence electrons. The molecule has 2 nitrogen and oxygen atoms in total. The van der Waals surface area contributed by atoms with Crippen molar-refractivity contribution >= 4 is 11.3 Å². The molecule has 0 amide bonds. The number of nitrogens with one attached hydrogen (secondary N) is 1. The van der Waals surface area contributed by atoms with Gasteiger partial charge in [0.05, 0.1) is 6.26 Å². The minimum atomic E-state index is 0.512. The maximum atomic E-state index is 5.34. The summed E-state index contributed by atoms with van der Waals surface area (Å²) in [7, 11) is 0. The van der Waals surface area contributed by atoms with Gasteiger partial charge < -0.3 is 9.73 Å². The lowest BCUT2D eigenvalue weighted by Gasteiger charge is -2.11. The molecule has 0 aliphatic carbocycles. The van der Waals surface area contributed by atoms with Crippen LogP contribution in [0.1, 0.15) is 34.4 Å². The molecular weight excluding hydrogens is 242 g/mol. The standard InChI is InChI=1S/C15H21NOS/c1-11-9-15(18-13(11)3)10-16-12(2)6-7-14-5-4-8-17-14/h4-5,8-9,12,16H,6-7,10H2,1-3H3. The second-order valence-electron chi connectivity index (χ2n) is 4.85. The number of hydrogen-bond acceptors (Lipinski definition) is 3. The summed E-state index contributed by atoms with van der Waals surface area (Å²) in [6, 6.07) is 6.79. The quantitative estimate of drug-likeness (QED) is 0.850. The zero-order valence-corrected chi connectivity index (χ0v) is 12.1. The van der Waals surface area contributed by atoms with Gasteiger partial charge in [-0.2, -0.15) is 0 Å². The Balaban J connectivity index is 1.73. The van der Waals surface area contributed by atoms with Crippen LogP contribution in [0.2, 0.25) is 0 Å². The lowest BCUT2D eigenvalue weighted by atomic mass is 10.1. The molecule has 0 saturated heterocycles. The molecule has 18 heavy (non-hydrogen) atoms. The van der Waals surface area contributed by atoms with Crippen LogP contribution in [0.15, 0.2) is 28.9 Å². The van der Waals surface area contributed by atoms with Crippen molar-refractivity contribution in [1.29, 1.82) is 0 Å². The van der Waals surface area contributed by atoms with Crippen molar-refractivity contribution in [1.82, 2.24) is 5.32 Å². The van der Waals surface area contributed by atoms with Crippen molar-refractivity contribution in [3.8, 4) is 0 Å². The van der Waals surface area contributed by atoms with Crippen LogP contribution in [0, 0.1) is 13.8 Å². The van der Waals surface area contributed by atoms with Gasteiger partial charge in [0, 0.05) is 28.8 Å². The van der Waals surface area contributed by atoms with Gasteiger partial charge in [-0.05, 0) is 51.0 Å². The maximum Gasteiger partial charge on any atom is 0.103 e. The first-order valence-corrected chi connectivity index (χ1v) is 7.28. The molecule has 2 heterocycles. The third-order valence-electron chi connectivity index (χ3n) is 3.25. The highest BCUT2D eigenvalue weighted by atomic mass is 32.1. The van der Waals surface area contributed by atoms with Gasteiger partial charge in [0.2, 0.25) is 0 Å². The van der Waals surface area contributed by atoms with Crippen LogP contribution in [-0.2, 0) is 13.0 Å². The van der Waals surface area contributed by atoms with E-state index in [9.17, 15) is 0 Å². The molecule has 2 rings (SSSR count). The molecule has 1 atom stereocenters. The fraction of sp³-hybridized carbons (Fsp3) is 0.467. The van der Waals surface area contributed by atoms with Crippen LogP contribution >= 0.6 is 11.3 Å². The van der Waals surface area contributed by atoms with E-state index < -0.39 is 0 Å². The predicted octanol–water partition coefficient (Wildman–Crippen LogP) is 4.07. The summed E-state index contributed by atoms with van der Waals surface area (Å²) in [5.41, 5.74) is 1.40. The van der Waals surface area contributed by atoms with Gasteiger partial charge in [-0.25, -0.2) is 0 Å². The summed E-state index contributed by atoms with van der Waals surface area (Å²) >= 11 is 1.89. The first-order chi connectivity index (χ1) is 8.65. The predicted molar refractivity (Wildman–Crippen MR) is 77.1 cm³/mol. The Labute approximate surface area is 113 Å². The third-order valence-corrected chi connectivity index (χ3v) is 4.40. The molecule has 0 saturated carbocycles. The lowest BCUT2D eigenvalue weighted by Crippen LogP contribution is -2.25. The Hall–Kier alpha value is -1.06. The number of rotatable bonds is 6. The molecule has 0 spiro atoms. The Morgan fingerprint density at radius 1 is 1.39 bits per heavy atom. The van der Waals surface area contributed by atoms with Crippen molar-refractivity contribution in [2.24, 2.45) is 0 Å². The SMILES string of the molecule is Cc1cc(CNC(C)CCc2ccco2)sc1C. The number of hydrogen-bond donors (Lipinski definition) is 1. The van der Waals surface area contributed by atoms with Crippen LogP contribution < -0.4 is 5.32 Å². The highest BCUT2D eigenvalue weighted by Crippen LogP contribution is 2.20. The fourth-order valence-electron chi connectivity index (χ4n) is 1.93. The largest absolute Gasteiger partial charge is 0.469 e. The molecule has 0 bridgehead atoms. The highest BCUT2D eigenvalue weighted by molar-refractivity contribution is 7.12. The minimum absolute atomic E-state index is 0.512. The zero-order valence-electron chi connectivity index (χ0n) is 11.3. The molecule has 0 radical (unpaired) electrons. The van der Waals surface area contributed by atoms with Gasteiger partial charge >= 0.3 is 0 Å². The average molecular weight is 263 g/mol. The Morgan fingerprint density at radius 2 is 2.22 bits per heavy atom. The third kappa shape index (κ3) is 3.72. The Kier molecular flexibility index (Phi) is 4.61. The molecule has 0 fully saturated rings. The second-order valence-corrected chi connectivity index (χ2v) is 6.19. The fourth-order valence-corrected chi connectivity index (χ4v) is 2.93. The van der Waals surface area contributed by atoms with Gasteiger partial charge in [-0.15, -0.1) is 11.3 Å². The number of furan rings is 1. The van der Waals surface area contributed by atoms with Gasteiger partial charge in [-0.1, -0.05) is 0 Å². The molecule has 0 aliphatic rings. The molecule has 3 heteroatoms. The van der Waals surface area contributed by atoms with E-state index in [2.05, 4.69) is 32.2 Å². The number of thiophene rings is 1. The first-order valence-electron chi connectivity index (χ1n) is 6.47. The van der Waals surface area contributed by atoms with E-state index in [4.69, 9.17) is 4.42 Å². The monoisotopic (exact) mass is 263 g/mol. The van der Waals surface area contributed by atoms with Gasteiger partial charge in [0.15, 0.2) is 0 Å². The minimum Gasteiger partial charge on any atom is -0.469 e. The van der Waals surface area contributed by atoms with Crippen molar-refractivity contribution in [3.63, 3.8) is 0 Å². The maximum absolute atomic E-state index is 5.34. The van der Waals surface area contributed by atoms with Crippen molar-refractivity contribution in [3.05, 3.63) is 45.5 Å². The summed E-state index contributed by atoms with van der Waals surface area (Å²) < 4.78 is 5.34. The summed E-state index contributed by atoms with van der Waals surface area (Å²) in [5, 5.41) is 3.57. The van der Waals surface area contributed by atoms with E-state index in [0.717, 1.165) is 25.1 Å². The summed E-state index contributed by atoms with van der Waals surface area (Å²) in [6.07, 6.45) is 3.85. The highest BCUT2D eigenvalue weighted by Gasteiger charge is 2.06. The molecule has 1 N–H and O–H groups in total. The second kappa shape index (κ2) is 6.21. The van der Waals surface area contributed by atoms with Gasteiger partial charge in [0.1, 0.15) is 5.76 Å². The van der Waals surface area contributed by atoms with E-state index in [1.54, 1.807) is 6.26 Å². The van der Waals surface area contributed by atoms with Crippen LogP contribution in [0.3, 0.4) is 0 Å². The Bertz CT molecular complexity index is 453. The normalized spacial score (nSPS) is 12.8. The van der Waals surface area contributed by atoms with Crippen LogP contribution in [-0.4, -0.2) is 6.04 Å². The van der Waals surface area contributed by atoms with E-state index in [0.29, 0.717) is 6.04 Å². The lowest BCUT2D eigenvalue weighted by molar-refractivity contribution is 0.461. The van der Waals surface area contributed by atoms with Crippen molar-refractivity contribution in [2.75, 3.05) is 0 Å². The molecule has 0 aromatic carbocycles. The van der Waals surface area contributed by atoms with E-state index in [1.165, 1.54) is 15.3 Å². The summed E-state index contributed by atoms with van der Waals surface area (Å²) in [4.78, 5) is 2.85. The van der Waals surface area contributed by atoms with Gasteiger partial charge in [-0.3, -0.25) is 0 Å². The van der Waals surface area contributed by atoms with Crippen LogP contribution in [0.25, 0.3) is 0 Å². The summed E-state index contributed by atoms with van der Waals surface area (Å²) in [6.45, 7) is 7.56. The van der Waals surface area contributed by atoms with E-state index >= 15 is 0 Å². The molecule has 2 aromatic rings. The summed E-state index contributed by atoms with van der Waals surface area (Å²) in [5.74, 6) is 1.08. The van der Waals surface area contributed by atoms with Gasteiger partial charge in [0.25, 0.3) is 0 Å². The smallest absolute Gasteiger partial charge is 0.103 e. The van der Waals surface area contributed by atoms with Crippen molar-refractivity contribution < 1.29 is 4.42 Å².